The summed E-state index contributed by atoms with van der Waals surface area (Å²) in [4.78, 5) is 12.3. The molecular weight excluding hydrogens is 396 g/mol. The zero-order chi connectivity index (χ0) is 20.5. The Labute approximate surface area is 169 Å². The summed E-state index contributed by atoms with van der Waals surface area (Å²) in [6.45, 7) is 1.30. The molecule has 29 heavy (non-hydrogen) atoms. The molecule has 1 N–H and O–H groups in total. The van der Waals surface area contributed by atoms with Gasteiger partial charge in [-0.25, -0.2) is 8.42 Å². The average Bonchev–Trinajstić information content (AvgIpc) is 3.47. The lowest BCUT2D eigenvalue weighted by Crippen LogP contribution is -2.60. The molecule has 0 bridgehead atoms. The molecule has 0 unspecified atom stereocenters. The predicted molar refractivity (Wildman–Crippen MR) is 103 cm³/mol. The summed E-state index contributed by atoms with van der Waals surface area (Å²) in [6.07, 6.45) is 7.28. The molecule has 1 amide bonds. The van der Waals surface area contributed by atoms with Crippen LogP contribution in [0.3, 0.4) is 0 Å². The Morgan fingerprint density at radius 1 is 1.24 bits per heavy atom. The lowest BCUT2D eigenvalue weighted by atomic mass is 10.0. The number of benzene rings is 1. The van der Waals surface area contributed by atoms with E-state index in [1.807, 2.05) is 0 Å². The number of carbonyl (C=O) groups is 1. The van der Waals surface area contributed by atoms with Crippen molar-refractivity contribution in [3.63, 3.8) is 0 Å². The van der Waals surface area contributed by atoms with Gasteiger partial charge in [0.05, 0.1) is 10.9 Å². The maximum Gasteiger partial charge on any atom is 0.243 e. The minimum Gasteiger partial charge on any atom is -0.486 e. The van der Waals surface area contributed by atoms with Crippen LogP contribution in [0.2, 0.25) is 0 Å². The van der Waals surface area contributed by atoms with Crippen LogP contribution in [-0.2, 0) is 14.8 Å². The monoisotopic (exact) mass is 418 g/mol. The number of sulfonamides is 1. The predicted octanol–water partition coefficient (Wildman–Crippen LogP) is 1.30. The van der Waals surface area contributed by atoms with Crippen molar-refractivity contribution in [2.75, 3.05) is 26.3 Å². The van der Waals surface area contributed by atoms with Crippen molar-refractivity contribution in [3.05, 3.63) is 18.2 Å². The zero-order valence-corrected chi connectivity index (χ0v) is 16.7. The molecule has 3 aliphatic rings. The van der Waals surface area contributed by atoms with Gasteiger partial charge in [-0.15, -0.1) is 12.3 Å². The number of amides is 1. The van der Waals surface area contributed by atoms with E-state index in [0.29, 0.717) is 44.0 Å². The minimum atomic E-state index is -3.64. The molecule has 0 aromatic heterocycles. The number of carbonyl (C=O) groups excluding carboxylic acids is 1. The largest absolute Gasteiger partial charge is 0.486 e. The van der Waals surface area contributed by atoms with Crippen LogP contribution in [0.5, 0.6) is 11.5 Å². The fraction of sp³-hybridized carbons (Fsp3) is 0.526. The van der Waals surface area contributed by atoms with E-state index in [-0.39, 0.29) is 36.4 Å². The van der Waals surface area contributed by atoms with Crippen molar-refractivity contribution in [1.29, 1.82) is 0 Å². The molecule has 3 aliphatic heterocycles. The number of hydrogen-bond donors (Lipinski definition) is 1. The number of nitrogens with one attached hydrogen (secondary N) is 1. The summed E-state index contributed by atoms with van der Waals surface area (Å²) in [5, 5.41) is 10.9. The highest BCUT2D eigenvalue weighted by Gasteiger charge is 2.41. The summed E-state index contributed by atoms with van der Waals surface area (Å²) in [5.74, 6) is 3.39. The Bertz CT molecular complexity index is 973. The fourth-order valence-electron chi connectivity index (χ4n) is 3.34. The molecule has 0 aliphatic carbocycles. The van der Waals surface area contributed by atoms with Gasteiger partial charge in [-0.3, -0.25) is 4.79 Å². The van der Waals surface area contributed by atoms with E-state index in [9.17, 15) is 13.2 Å². The molecule has 10 heteroatoms. The van der Waals surface area contributed by atoms with Crippen molar-refractivity contribution < 1.29 is 22.7 Å². The van der Waals surface area contributed by atoms with Gasteiger partial charge in [0.15, 0.2) is 17.2 Å². The van der Waals surface area contributed by atoms with Crippen LogP contribution < -0.4 is 14.8 Å². The minimum absolute atomic E-state index is 0.135. The SMILES string of the molecule is C#CCCC1(CCC(=O)NC2CN(S(=O)(=O)c3ccc4c(c3)OCCO4)C2)N=N1. The summed E-state index contributed by atoms with van der Waals surface area (Å²) >= 11 is 0. The van der Waals surface area contributed by atoms with Gasteiger partial charge in [-0.05, 0) is 12.1 Å². The van der Waals surface area contributed by atoms with Gasteiger partial charge in [0.1, 0.15) is 13.2 Å². The van der Waals surface area contributed by atoms with Crippen LogP contribution in [0.15, 0.2) is 33.3 Å². The van der Waals surface area contributed by atoms with Crippen molar-refractivity contribution in [1.82, 2.24) is 9.62 Å². The molecule has 1 saturated heterocycles. The van der Waals surface area contributed by atoms with Gasteiger partial charge in [-0.2, -0.15) is 14.5 Å². The second-order valence-corrected chi connectivity index (χ2v) is 9.22. The van der Waals surface area contributed by atoms with Crippen LogP contribution in [0.1, 0.15) is 25.7 Å². The first-order chi connectivity index (χ1) is 13.9. The molecule has 3 heterocycles. The summed E-state index contributed by atoms with van der Waals surface area (Å²) in [7, 11) is -3.64. The van der Waals surface area contributed by atoms with Crippen molar-refractivity contribution >= 4 is 15.9 Å². The normalized spacial score (nSPS) is 19.8. The van der Waals surface area contributed by atoms with Crippen molar-refractivity contribution in [2.24, 2.45) is 10.2 Å². The third-order valence-corrected chi connectivity index (χ3v) is 7.00. The Hall–Kier alpha value is -2.64. The van der Waals surface area contributed by atoms with Gasteiger partial charge in [-0.1, -0.05) is 0 Å². The Morgan fingerprint density at radius 2 is 1.97 bits per heavy atom. The number of hydrogen-bond acceptors (Lipinski definition) is 7. The quantitative estimate of drug-likeness (QED) is 0.640. The first-order valence-corrected chi connectivity index (χ1v) is 10.9. The zero-order valence-electron chi connectivity index (χ0n) is 15.8. The van der Waals surface area contributed by atoms with E-state index in [0.717, 1.165) is 0 Å². The second kappa shape index (κ2) is 7.65. The smallest absolute Gasteiger partial charge is 0.243 e. The second-order valence-electron chi connectivity index (χ2n) is 7.28. The molecule has 1 aromatic rings. The molecule has 9 nitrogen and oxygen atoms in total. The molecule has 154 valence electrons. The van der Waals surface area contributed by atoms with Gasteiger partial charge in [0.2, 0.25) is 15.9 Å². The lowest BCUT2D eigenvalue weighted by Gasteiger charge is -2.38. The Balaban J connectivity index is 1.26. The number of terminal acetylenes is 1. The van der Waals surface area contributed by atoms with E-state index in [2.05, 4.69) is 21.5 Å². The average molecular weight is 418 g/mol. The summed E-state index contributed by atoms with van der Waals surface area (Å²) in [6, 6.07) is 4.38. The number of nitrogens with zero attached hydrogens (tertiary/aromatic N) is 3. The lowest BCUT2D eigenvalue weighted by molar-refractivity contribution is -0.122. The number of rotatable bonds is 8. The third kappa shape index (κ3) is 4.21. The van der Waals surface area contributed by atoms with Gasteiger partial charge < -0.3 is 14.8 Å². The maximum absolute atomic E-state index is 12.8. The molecule has 0 atom stereocenters. The molecular formula is C19H22N4O5S. The highest BCUT2D eigenvalue weighted by atomic mass is 32.2. The topological polar surface area (TPSA) is 110 Å². The fourth-order valence-corrected chi connectivity index (χ4v) is 4.89. The molecule has 0 radical (unpaired) electrons. The third-order valence-electron chi connectivity index (χ3n) is 5.17. The van der Waals surface area contributed by atoms with Crippen LogP contribution in [0.25, 0.3) is 0 Å². The Kier molecular flexibility index (Phi) is 5.19. The van der Waals surface area contributed by atoms with Crippen LogP contribution in [-0.4, -0.2) is 56.6 Å². The summed E-state index contributed by atoms with van der Waals surface area (Å²) < 4.78 is 37.8. The van der Waals surface area contributed by atoms with Crippen molar-refractivity contribution in [2.45, 2.75) is 42.3 Å². The number of ether oxygens (including phenoxy) is 2. The van der Waals surface area contributed by atoms with E-state index in [1.54, 1.807) is 6.07 Å². The number of fused-ring (bicyclic) bond motifs is 1. The summed E-state index contributed by atoms with van der Waals surface area (Å²) in [5.41, 5.74) is -0.489. The molecule has 0 saturated carbocycles. The van der Waals surface area contributed by atoms with Crippen molar-refractivity contribution in [3.8, 4) is 23.8 Å². The maximum atomic E-state index is 12.8. The van der Waals surface area contributed by atoms with Crippen LogP contribution in [0, 0.1) is 12.3 Å². The molecule has 4 rings (SSSR count). The van der Waals surface area contributed by atoms with Gasteiger partial charge in [0.25, 0.3) is 0 Å². The molecule has 1 fully saturated rings. The van der Waals surface area contributed by atoms with E-state index in [4.69, 9.17) is 15.9 Å². The molecule has 1 aromatic carbocycles. The van der Waals surface area contributed by atoms with E-state index in [1.165, 1.54) is 16.4 Å². The first kappa shape index (κ1) is 19.7. The standard InChI is InChI=1S/C19H22N4O5S/c1-2-3-7-19(21-22-19)8-6-18(24)20-14-12-23(13-14)29(25,26)15-4-5-16-17(11-15)28-10-9-27-16/h1,4-5,11,14H,3,6-10,12-13H2,(H,20,24). The highest BCUT2D eigenvalue weighted by Crippen LogP contribution is 2.37. The van der Waals surface area contributed by atoms with Gasteiger partial charge >= 0.3 is 0 Å². The Morgan fingerprint density at radius 3 is 2.66 bits per heavy atom. The van der Waals surface area contributed by atoms with E-state index < -0.39 is 15.7 Å². The van der Waals surface area contributed by atoms with Crippen LogP contribution >= 0.6 is 0 Å². The highest BCUT2D eigenvalue weighted by molar-refractivity contribution is 7.89. The van der Waals surface area contributed by atoms with Crippen LogP contribution in [0.4, 0.5) is 0 Å². The van der Waals surface area contributed by atoms with Gasteiger partial charge in [0, 0.05) is 44.8 Å². The van der Waals surface area contributed by atoms with E-state index >= 15 is 0 Å². The first-order valence-electron chi connectivity index (χ1n) is 9.49. The molecule has 0 spiro atoms.